The van der Waals surface area contributed by atoms with E-state index in [-0.39, 0.29) is 11.4 Å². The fourth-order valence-electron chi connectivity index (χ4n) is 0.964. The normalized spacial score (nSPS) is 9.31. The van der Waals surface area contributed by atoms with Gasteiger partial charge in [-0.3, -0.25) is 4.79 Å². The number of aryl methyl sites for hydroxylation is 1. The van der Waals surface area contributed by atoms with Crippen LogP contribution in [0.15, 0.2) is 22.3 Å². The van der Waals surface area contributed by atoms with Gasteiger partial charge in [0.25, 0.3) is 5.56 Å². The van der Waals surface area contributed by atoms with Crippen LogP contribution in [0.3, 0.4) is 0 Å². The lowest BCUT2D eigenvalue weighted by atomic mass is 10.4. The first-order valence-electron chi connectivity index (χ1n) is 3.90. The Balaban J connectivity index is 3.18. The van der Waals surface area contributed by atoms with Gasteiger partial charge >= 0.3 is 0 Å². The summed E-state index contributed by atoms with van der Waals surface area (Å²) in [4.78, 5) is 17.6. The molecule has 0 atom stereocenters. The van der Waals surface area contributed by atoms with Crippen LogP contribution >= 0.6 is 0 Å². The molecule has 0 unspecified atom stereocenters. The maximum Gasteiger partial charge on any atom is 0.278 e. The minimum atomic E-state index is -0.345. The van der Waals surface area contributed by atoms with Crippen molar-refractivity contribution in [1.29, 1.82) is 0 Å². The predicted octanol–water partition coefficient (Wildman–Crippen LogP) is 1.60. The quantitative estimate of drug-likeness (QED) is 0.401. The Morgan fingerprint density at radius 1 is 1.77 bits per heavy atom. The van der Waals surface area contributed by atoms with Gasteiger partial charge in [-0.2, -0.15) is 0 Å². The maximum atomic E-state index is 11.4. The fraction of sp³-hybridized carbons (Fsp3) is 0.429. The van der Waals surface area contributed by atoms with Crippen molar-refractivity contribution in [3.8, 4) is 0 Å². The van der Waals surface area contributed by atoms with Crippen molar-refractivity contribution < 1.29 is 0 Å². The van der Waals surface area contributed by atoms with Crippen LogP contribution in [0.4, 0.5) is 5.82 Å². The molecular formula is C7H9N5O. The first-order chi connectivity index (χ1) is 6.29. The molecule has 0 N–H and O–H groups in total. The summed E-state index contributed by atoms with van der Waals surface area (Å²) in [5.74, 6) is -0.0987. The Kier molecular flexibility index (Phi) is 3.05. The molecule has 6 nitrogen and oxygen atoms in total. The van der Waals surface area contributed by atoms with Crippen LogP contribution in [0.5, 0.6) is 0 Å². The molecule has 0 aliphatic rings. The predicted molar refractivity (Wildman–Crippen MR) is 47.6 cm³/mol. The van der Waals surface area contributed by atoms with E-state index in [1.807, 2.05) is 6.92 Å². The number of nitrogens with zero attached hydrogens (tertiary/aromatic N) is 5. The zero-order valence-electron chi connectivity index (χ0n) is 7.21. The molecule has 0 amide bonds. The Morgan fingerprint density at radius 2 is 2.54 bits per heavy atom. The van der Waals surface area contributed by atoms with E-state index in [1.165, 1.54) is 10.8 Å². The SMILES string of the molecule is CCCn1ccnc(N=[N+]=[N-])c1=O. The van der Waals surface area contributed by atoms with Crippen molar-refractivity contribution in [3.05, 3.63) is 33.2 Å². The van der Waals surface area contributed by atoms with Crippen LogP contribution in [0, 0.1) is 0 Å². The molecule has 6 heteroatoms. The summed E-state index contributed by atoms with van der Waals surface area (Å²) < 4.78 is 1.47. The van der Waals surface area contributed by atoms with Gasteiger partial charge in [0, 0.05) is 23.9 Å². The van der Waals surface area contributed by atoms with E-state index in [4.69, 9.17) is 5.53 Å². The Hall–Kier alpha value is -1.81. The molecule has 0 fully saturated rings. The molecule has 1 rings (SSSR count). The van der Waals surface area contributed by atoms with Gasteiger partial charge in [0.05, 0.1) is 0 Å². The Bertz CT molecular complexity index is 390. The van der Waals surface area contributed by atoms with E-state index in [1.54, 1.807) is 6.20 Å². The van der Waals surface area contributed by atoms with E-state index in [9.17, 15) is 4.79 Å². The summed E-state index contributed by atoms with van der Waals surface area (Å²) in [6.45, 7) is 2.56. The Labute approximate surface area is 74.5 Å². The van der Waals surface area contributed by atoms with Crippen molar-refractivity contribution in [2.75, 3.05) is 0 Å². The molecule has 0 bridgehead atoms. The van der Waals surface area contributed by atoms with E-state index in [2.05, 4.69) is 15.0 Å². The fourth-order valence-corrected chi connectivity index (χ4v) is 0.964. The zero-order valence-corrected chi connectivity index (χ0v) is 7.21. The van der Waals surface area contributed by atoms with Crippen LogP contribution in [-0.2, 0) is 6.54 Å². The van der Waals surface area contributed by atoms with Crippen LogP contribution in [0.2, 0.25) is 0 Å². The summed E-state index contributed by atoms with van der Waals surface area (Å²) in [6.07, 6.45) is 3.86. The zero-order chi connectivity index (χ0) is 9.68. The third-order valence-corrected chi connectivity index (χ3v) is 1.50. The van der Waals surface area contributed by atoms with Crippen LogP contribution in [-0.4, -0.2) is 9.55 Å². The molecule has 0 saturated heterocycles. The molecule has 1 aromatic rings. The van der Waals surface area contributed by atoms with Gasteiger partial charge in [-0.05, 0) is 17.1 Å². The summed E-state index contributed by atoms with van der Waals surface area (Å²) in [7, 11) is 0. The first-order valence-corrected chi connectivity index (χ1v) is 3.90. The second kappa shape index (κ2) is 4.27. The highest BCUT2D eigenvalue weighted by Crippen LogP contribution is 1.98. The second-order valence-electron chi connectivity index (χ2n) is 2.44. The van der Waals surface area contributed by atoms with Crippen molar-refractivity contribution in [2.45, 2.75) is 19.9 Å². The molecule has 0 spiro atoms. The van der Waals surface area contributed by atoms with Gasteiger partial charge in [0.2, 0.25) is 0 Å². The van der Waals surface area contributed by atoms with Crippen molar-refractivity contribution >= 4 is 5.82 Å². The highest BCUT2D eigenvalue weighted by Gasteiger charge is 2.00. The highest BCUT2D eigenvalue weighted by molar-refractivity contribution is 5.21. The maximum absolute atomic E-state index is 11.4. The van der Waals surface area contributed by atoms with Gasteiger partial charge in [-0.25, -0.2) is 4.98 Å². The number of aromatic nitrogens is 2. The molecule has 0 aliphatic carbocycles. The van der Waals surface area contributed by atoms with Crippen LogP contribution in [0.25, 0.3) is 10.4 Å². The van der Waals surface area contributed by atoms with Gasteiger partial charge in [-0.15, -0.1) is 0 Å². The summed E-state index contributed by atoms with van der Waals surface area (Å²) in [6, 6.07) is 0. The minimum Gasteiger partial charge on any atom is -0.312 e. The monoisotopic (exact) mass is 179 g/mol. The number of hydrogen-bond donors (Lipinski definition) is 0. The molecule has 1 heterocycles. The lowest BCUT2D eigenvalue weighted by Gasteiger charge is -2.01. The van der Waals surface area contributed by atoms with E-state index >= 15 is 0 Å². The van der Waals surface area contributed by atoms with Crippen molar-refractivity contribution in [2.24, 2.45) is 5.11 Å². The average Bonchev–Trinajstić information content (AvgIpc) is 2.13. The average molecular weight is 179 g/mol. The largest absolute Gasteiger partial charge is 0.312 e. The number of hydrogen-bond acceptors (Lipinski definition) is 3. The van der Waals surface area contributed by atoms with Crippen LogP contribution < -0.4 is 5.56 Å². The molecular weight excluding hydrogens is 170 g/mol. The van der Waals surface area contributed by atoms with Gasteiger partial charge < -0.3 is 4.57 Å². The summed E-state index contributed by atoms with van der Waals surface area (Å²) in [5.41, 5.74) is 7.79. The Morgan fingerprint density at radius 3 is 3.15 bits per heavy atom. The van der Waals surface area contributed by atoms with E-state index < -0.39 is 0 Å². The number of rotatable bonds is 3. The molecule has 0 aliphatic heterocycles. The van der Waals surface area contributed by atoms with E-state index in [0.717, 1.165) is 6.42 Å². The molecule has 1 aromatic heterocycles. The molecule has 0 radical (unpaired) electrons. The lowest BCUT2D eigenvalue weighted by Crippen LogP contribution is -2.19. The van der Waals surface area contributed by atoms with Crippen molar-refractivity contribution in [1.82, 2.24) is 9.55 Å². The number of azide groups is 1. The van der Waals surface area contributed by atoms with Gasteiger partial charge in [-0.1, -0.05) is 6.92 Å². The molecule has 0 saturated carbocycles. The minimum absolute atomic E-state index is 0.0987. The smallest absolute Gasteiger partial charge is 0.278 e. The molecule has 13 heavy (non-hydrogen) atoms. The van der Waals surface area contributed by atoms with Crippen LogP contribution in [0.1, 0.15) is 13.3 Å². The third kappa shape index (κ3) is 2.07. The molecule has 68 valence electrons. The van der Waals surface area contributed by atoms with Gasteiger partial charge in [0.1, 0.15) is 0 Å². The standard InChI is InChI=1S/C7H9N5O/c1-2-4-12-5-3-9-6(7(12)13)10-11-8/h3,5H,2,4H2,1H3. The topological polar surface area (TPSA) is 83.7 Å². The second-order valence-corrected chi connectivity index (χ2v) is 2.44. The first kappa shape index (κ1) is 9.28. The molecule has 0 aromatic carbocycles. The lowest BCUT2D eigenvalue weighted by molar-refractivity contribution is 0.649. The third-order valence-electron chi connectivity index (χ3n) is 1.50. The van der Waals surface area contributed by atoms with Crippen molar-refractivity contribution in [3.63, 3.8) is 0 Å². The highest BCUT2D eigenvalue weighted by atomic mass is 16.1. The summed E-state index contributed by atoms with van der Waals surface area (Å²) in [5, 5.41) is 3.19. The van der Waals surface area contributed by atoms with Gasteiger partial charge in [0.15, 0.2) is 5.82 Å². The summed E-state index contributed by atoms with van der Waals surface area (Å²) >= 11 is 0. The van der Waals surface area contributed by atoms with E-state index in [0.29, 0.717) is 6.54 Å².